The molecule has 7 nitrogen and oxygen atoms in total. The minimum Gasteiger partial charge on any atom is -0.504 e. The van der Waals surface area contributed by atoms with Crippen LogP contribution in [0.3, 0.4) is 0 Å². The van der Waals surface area contributed by atoms with Gasteiger partial charge in [-0.2, -0.15) is 0 Å². The summed E-state index contributed by atoms with van der Waals surface area (Å²) in [5.41, 5.74) is 1.11. The molecule has 2 aromatic rings. The van der Waals surface area contributed by atoms with Crippen LogP contribution in [0, 0.1) is 0 Å². The van der Waals surface area contributed by atoms with Gasteiger partial charge in [-0.05, 0) is 52.3 Å². The number of hydrogen-bond donors (Lipinski definition) is 1. The lowest BCUT2D eigenvalue weighted by Gasteiger charge is -2.38. The minimum atomic E-state index is -0.698. The van der Waals surface area contributed by atoms with E-state index in [1.807, 2.05) is 18.9 Å². The largest absolute Gasteiger partial charge is 0.504 e. The number of carbonyl (C=O) groups excluding carboxylic acids is 1. The third-order valence-corrected chi connectivity index (χ3v) is 4.54. The van der Waals surface area contributed by atoms with Gasteiger partial charge in [0.05, 0.1) is 19.3 Å². The van der Waals surface area contributed by atoms with Crippen molar-refractivity contribution in [1.29, 1.82) is 0 Å². The number of aromatic nitrogens is 1. The van der Waals surface area contributed by atoms with Gasteiger partial charge in [0, 0.05) is 23.9 Å². The first-order valence-electron chi connectivity index (χ1n) is 9.19. The normalized spacial score (nSPS) is 13.2. The number of rotatable bonds is 3. The summed E-state index contributed by atoms with van der Waals surface area (Å²) in [5, 5.41) is 12.2. The maximum atomic E-state index is 12.7. The number of benzene rings is 1. The van der Waals surface area contributed by atoms with E-state index in [2.05, 4.69) is 0 Å². The van der Waals surface area contributed by atoms with Gasteiger partial charge in [0.2, 0.25) is 0 Å². The summed E-state index contributed by atoms with van der Waals surface area (Å²) in [4.78, 5) is 25.2. The number of ether oxygens (including phenoxy) is 2. The molecule has 0 saturated carbocycles. The molecule has 0 saturated heterocycles. The molecule has 0 fully saturated rings. The third-order valence-electron chi connectivity index (χ3n) is 4.54. The van der Waals surface area contributed by atoms with Crippen LogP contribution < -0.4 is 15.2 Å². The Labute approximate surface area is 164 Å². The zero-order valence-corrected chi connectivity index (χ0v) is 17.1. The van der Waals surface area contributed by atoms with Gasteiger partial charge < -0.3 is 19.6 Å². The lowest BCUT2D eigenvalue weighted by Crippen LogP contribution is -2.44. The Morgan fingerprint density at radius 1 is 1.21 bits per heavy atom. The number of phenolic OH excluding ortho intramolecular Hbond substituents is 1. The summed E-state index contributed by atoms with van der Waals surface area (Å²) in [5.74, 6) is -0.280. The molecule has 0 aliphatic carbocycles. The average Bonchev–Trinajstić information content (AvgIpc) is 2.58. The molecule has 0 radical (unpaired) electrons. The number of esters is 1. The topological polar surface area (TPSA) is 81.0 Å². The van der Waals surface area contributed by atoms with Crippen LogP contribution in [0.5, 0.6) is 11.5 Å². The second kappa shape index (κ2) is 6.89. The molecular formula is C21H26N2O5. The number of nitrogens with zero attached hydrogens (tertiary/aromatic N) is 2. The molecule has 7 heteroatoms. The van der Waals surface area contributed by atoms with E-state index in [0.29, 0.717) is 18.0 Å². The Balaban J connectivity index is 2.20. The first-order valence-corrected chi connectivity index (χ1v) is 9.19. The second-order valence-electron chi connectivity index (χ2n) is 8.16. The predicted octanol–water partition coefficient (Wildman–Crippen LogP) is 3.04. The first kappa shape index (κ1) is 19.8. The zero-order chi connectivity index (χ0) is 20.8. The van der Waals surface area contributed by atoms with Gasteiger partial charge in [0.1, 0.15) is 11.2 Å². The van der Waals surface area contributed by atoms with Crippen LogP contribution in [0.4, 0.5) is 0 Å². The summed E-state index contributed by atoms with van der Waals surface area (Å²) in [7, 11) is 1.50. The van der Waals surface area contributed by atoms with Crippen LogP contribution in [0.2, 0.25) is 0 Å². The first-order chi connectivity index (χ1) is 13.0. The summed E-state index contributed by atoms with van der Waals surface area (Å²) in [6, 6.07) is 4.87. The highest BCUT2D eigenvalue weighted by molar-refractivity contribution is 5.90. The predicted molar refractivity (Wildman–Crippen MR) is 107 cm³/mol. The molecule has 1 N–H and O–H groups in total. The molecule has 0 atom stereocenters. The van der Waals surface area contributed by atoms with Crippen molar-refractivity contribution in [2.75, 3.05) is 12.1 Å². The molecule has 0 unspecified atom stereocenters. The Hall–Kier alpha value is -2.96. The van der Waals surface area contributed by atoms with Crippen molar-refractivity contribution in [3.8, 4) is 22.8 Å². The van der Waals surface area contributed by atoms with Crippen LogP contribution in [0.25, 0.3) is 11.3 Å². The molecule has 1 aromatic heterocycles. The number of methoxy groups -OCH3 is 1. The molecule has 28 heavy (non-hydrogen) atoms. The highest BCUT2D eigenvalue weighted by atomic mass is 16.6. The van der Waals surface area contributed by atoms with Crippen LogP contribution in [-0.2, 0) is 11.3 Å². The van der Waals surface area contributed by atoms with Gasteiger partial charge in [-0.1, -0.05) is 0 Å². The van der Waals surface area contributed by atoms with E-state index < -0.39 is 17.0 Å². The molecular weight excluding hydrogens is 360 g/mol. The lowest BCUT2D eigenvalue weighted by molar-refractivity contribution is 0.00671. The van der Waals surface area contributed by atoms with Crippen molar-refractivity contribution < 1.29 is 19.4 Å². The molecule has 1 aliphatic heterocycles. The van der Waals surface area contributed by atoms with E-state index in [0.717, 1.165) is 11.1 Å². The fraction of sp³-hybridized carbons (Fsp3) is 0.429. The number of phenols is 1. The summed E-state index contributed by atoms with van der Waals surface area (Å²) < 4.78 is 12.4. The SMILES string of the molecule is COc1cc2c(cc1O)-c1cc(=O)c(C(=O)OC(C)(C)C)cn1N(C(C)C)C2. The van der Waals surface area contributed by atoms with Crippen LogP contribution >= 0.6 is 0 Å². The molecule has 0 spiro atoms. The Bertz CT molecular complexity index is 986. The zero-order valence-electron chi connectivity index (χ0n) is 17.1. The second-order valence-corrected chi connectivity index (χ2v) is 8.16. The van der Waals surface area contributed by atoms with Gasteiger partial charge in [-0.15, -0.1) is 0 Å². The Morgan fingerprint density at radius 3 is 2.46 bits per heavy atom. The Morgan fingerprint density at radius 2 is 1.89 bits per heavy atom. The van der Waals surface area contributed by atoms with Gasteiger partial charge >= 0.3 is 5.97 Å². The Kier molecular flexibility index (Phi) is 4.87. The number of pyridine rings is 1. The quantitative estimate of drug-likeness (QED) is 0.817. The van der Waals surface area contributed by atoms with Crippen molar-refractivity contribution >= 4 is 5.97 Å². The van der Waals surface area contributed by atoms with E-state index >= 15 is 0 Å². The van der Waals surface area contributed by atoms with Crippen molar-refractivity contribution in [1.82, 2.24) is 4.68 Å². The molecule has 1 aliphatic rings. The van der Waals surface area contributed by atoms with Gasteiger partial charge in [-0.3, -0.25) is 9.47 Å². The van der Waals surface area contributed by atoms with E-state index in [-0.39, 0.29) is 17.4 Å². The average molecular weight is 386 g/mol. The van der Waals surface area contributed by atoms with Crippen LogP contribution in [0.15, 0.2) is 29.2 Å². The fourth-order valence-electron chi connectivity index (χ4n) is 3.25. The molecule has 1 aromatic carbocycles. The molecule has 3 rings (SSSR count). The number of aromatic hydroxyl groups is 1. The molecule has 2 heterocycles. The molecule has 0 amide bonds. The van der Waals surface area contributed by atoms with Gasteiger partial charge in [0.15, 0.2) is 16.9 Å². The maximum absolute atomic E-state index is 12.7. The van der Waals surface area contributed by atoms with Crippen molar-refractivity contribution in [2.24, 2.45) is 0 Å². The van der Waals surface area contributed by atoms with Crippen molar-refractivity contribution in [2.45, 2.75) is 52.8 Å². The number of hydrogen-bond acceptors (Lipinski definition) is 6. The lowest BCUT2D eigenvalue weighted by atomic mass is 9.99. The number of fused-ring (bicyclic) bond motifs is 3. The smallest absolute Gasteiger partial charge is 0.344 e. The van der Waals surface area contributed by atoms with E-state index in [1.54, 1.807) is 37.6 Å². The summed E-state index contributed by atoms with van der Waals surface area (Å²) in [6.07, 6.45) is 1.52. The molecule has 0 bridgehead atoms. The van der Waals surface area contributed by atoms with Crippen LogP contribution in [-0.4, -0.2) is 34.5 Å². The highest BCUT2D eigenvalue weighted by Gasteiger charge is 2.28. The highest BCUT2D eigenvalue weighted by Crippen LogP contribution is 2.38. The standard InChI is InChI=1S/C21H26N2O5/c1-12(2)22-10-13-7-19(27-6)18(25)8-14(13)16-9-17(24)15(11-23(16)22)20(26)28-21(3,4)5/h7-9,11-12,25H,10H2,1-6H3. The van der Waals surface area contributed by atoms with Crippen LogP contribution in [0.1, 0.15) is 50.5 Å². The fourth-order valence-corrected chi connectivity index (χ4v) is 3.25. The van der Waals surface area contributed by atoms with Gasteiger partial charge in [0.25, 0.3) is 0 Å². The minimum absolute atomic E-state index is 0.00513. The van der Waals surface area contributed by atoms with Gasteiger partial charge in [-0.25, -0.2) is 4.79 Å². The maximum Gasteiger partial charge on any atom is 0.344 e. The van der Waals surface area contributed by atoms with Crippen molar-refractivity contribution in [3.05, 3.63) is 45.7 Å². The summed E-state index contributed by atoms with van der Waals surface area (Å²) >= 11 is 0. The van der Waals surface area contributed by atoms with E-state index in [1.165, 1.54) is 19.4 Å². The summed E-state index contributed by atoms with van der Waals surface area (Å²) in [6.45, 7) is 9.86. The number of carbonyl (C=O) groups is 1. The van der Waals surface area contributed by atoms with E-state index in [9.17, 15) is 14.7 Å². The molecule has 150 valence electrons. The third kappa shape index (κ3) is 3.56. The monoisotopic (exact) mass is 386 g/mol. The van der Waals surface area contributed by atoms with Crippen molar-refractivity contribution in [3.63, 3.8) is 0 Å². The van der Waals surface area contributed by atoms with E-state index in [4.69, 9.17) is 9.47 Å².